The van der Waals surface area contributed by atoms with Crippen molar-refractivity contribution >= 4 is 17.6 Å². The zero-order chi connectivity index (χ0) is 19.3. The molecule has 1 aromatic carbocycles. The summed E-state index contributed by atoms with van der Waals surface area (Å²) in [6.45, 7) is 0.993. The summed E-state index contributed by atoms with van der Waals surface area (Å²) < 4.78 is 0. The number of benzene rings is 1. The van der Waals surface area contributed by atoms with E-state index in [0.29, 0.717) is 31.1 Å². The van der Waals surface area contributed by atoms with Gasteiger partial charge in [0, 0.05) is 25.7 Å². The van der Waals surface area contributed by atoms with Gasteiger partial charge in [-0.15, -0.1) is 0 Å². The van der Waals surface area contributed by atoms with Crippen LogP contribution in [-0.2, 0) is 11.2 Å². The summed E-state index contributed by atoms with van der Waals surface area (Å²) in [4.78, 5) is 22.5. The van der Waals surface area contributed by atoms with Gasteiger partial charge in [-0.25, -0.2) is 9.97 Å². The summed E-state index contributed by atoms with van der Waals surface area (Å²) in [5, 5.41) is 32.5. The molecule has 0 bridgehead atoms. The van der Waals surface area contributed by atoms with Crippen LogP contribution in [0.15, 0.2) is 42.7 Å². The van der Waals surface area contributed by atoms with Crippen molar-refractivity contribution in [2.75, 3.05) is 36.5 Å². The van der Waals surface area contributed by atoms with E-state index < -0.39 is 17.5 Å². The highest BCUT2D eigenvalue weighted by atomic mass is 16.4. The topological polar surface area (TPSA) is 119 Å². The number of aliphatic carboxylic acids is 1. The van der Waals surface area contributed by atoms with Crippen LogP contribution < -0.4 is 10.2 Å². The van der Waals surface area contributed by atoms with Gasteiger partial charge in [0.1, 0.15) is 23.4 Å². The molecule has 0 radical (unpaired) electrons. The number of rotatable bonds is 7. The molecule has 8 heteroatoms. The van der Waals surface area contributed by atoms with Gasteiger partial charge in [0.05, 0.1) is 12.7 Å². The second-order valence-electron chi connectivity index (χ2n) is 6.76. The van der Waals surface area contributed by atoms with Gasteiger partial charge in [0.25, 0.3) is 0 Å². The third kappa shape index (κ3) is 4.17. The fourth-order valence-corrected chi connectivity index (χ4v) is 3.50. The number of carboxylic acids is 1. The Bertz CT molecular complexity index is 773. The molecule has 27 heavy (non-hydrogen) atoms. The van der Waals surface area contributed by atoms with Crippen LogP contribution >= 0.6 is 0 Å². The number of nitrogens with one attached hydrogen (secondary N) is 1. The molecular weight excluding hydrogens is 348 g/mol. The summed E-state index contributed by atoms with van der Waals surface area (Å²) in [5.41, 5.74) is -0.447. The van der Waals surface area contributed by atoms with Gasteiger partial charge >= 0.3 is 5.97 Å². The first kappa shape index (κ1) is 19.1. The minimum atomic E-state index is -1.32. The number of aliphatic hydroxyl groups excluding tert-OH is 2. The highest BCUT2D eigenvalue weighted by molar-refractivity contribution is 5.77. The van der Waals surface area contributed by atoms with Crippen molar-refractivity contribution in [1.29, 1.82) is 0 Å². The number of hydrogen-bond acceptors (Lipinski definition) is 7. The molecule has 8 nitrogen and oxygen atoms in total. The Morgan fingerprint density at radius 2 is 2.07 bits per heavy atom. The summed E-state index contributed by atoms with van der Waals surface area (Å²) in [6.07, 6.45) is 1.03. The number of carboxylic acid groups (broad SMARTS) is 1. The lowest BCUT2D eigenvalue weighted by Gasteiger charge is -2.44. The first-order valence-electron chi connectivity index (χ1n) is 8.92. The maximum Gasteiger partial charge on any atom is 0.314 e. The molecule has 1 aliphatic heterocycles. The number of nitrogens with zero attached hydrogens (tertiary/aromatic N) is 3. The van der Waals surface area contributed by atoms with Crippen molar-refractivity contribution in [1.82, 2.24) is 9.97 Å². The fourth-order valence-electron chi connectivity index (χ4n) is 3.50. The molecule has 0 unspecified atom stereocenters. The van der Waals surface area contributed by atoms with Crippen LogP contribution in [0, 0.1) is 5.41 Å². The Kier molecular flexibility index (Phi) is 5.88. The molecule has 2 heterocycles. The van der Waals surface area contributed by atoms with Crippen LogP contribution in [0.1, 0.15) is 12.0 Å². The van der Waals surface area contributed by atoms with Gasteiger partial charge in [-0.3, -0.25) is 4.79 Å². The van der Waals surface area contributed by atoms with Crippen LogP contribution in [0.4, 0.5) is 11.6 Å². The number of piperidine rings is 1. The van der Waals surface area contributed by atoms with Crippen molar-refractivity contribution in [2.24, 2.45) is 5.41 Å². The molecular formula is C19H24N4O4. The number of hydrogen-bond donors (Lipinski definition) is 4. The van der Waals surface area contributed by atoms with E-state index in [-0.39, 0.29) is 19.6 Å². The largest absolute Gasteiger partial charge is 0.481 e. The molecule has 0 amide bonds. The van der Waals surface area contributed by atoms with Crippen LogP contribution in [-0.4, -0.2) is 63.6 Å². The molecule has 144 valence electrons. The summed E-state index contributed by atoms with van der Waals surface area (Å²) in [5.74, 6) is 0.136. The molecule has 3 rings (SSSR count). The van der Waals surface area contributed by atoms with E-state index in [1.165, 1.54) is 6.33 Å². The second kappa shape index (κ2) is 8.32. The summed E-state index contributed by atoms with van der Waals surface area (Å²) in [7, 11) is 0. The van der Waals surface area contributed by atoms with Crippen LogP contribution in [0.25, 0.3) is 0 Å². The van der Waals surface area contributed by atoms with E-state index in [1.54, 1.807) is 6.07 Å². The highest BCUT2D eigenvalue weighted by Gasteiger charge is 2.49. The highest BCUT2D eigenvalue weighted by Crippen LogP contribution is 2.36. The van der Waals surface area contributed by atoms with Crippen molar-refractivity contribution in [2.45, 2.75) is 18.9 Å². The Morgan fingerprint density at radius 1 is 1.30 bits per heavy atom. The maximum atomic E-state index is 12.2. The third-order valence-electron chi connectivity index (χ3n) is 4.97. The van der Waals surface area contributed by atoms with Crippen molar-refractivity contribution < 1.29 is 20.1 Å². The van der Waals surface area contributed by atoms with E-state index in [9.17, 15) is 15.0 Å². The van der Waals surface area contributed by atoms with Crippen LogP contribution in [0.5, 0.6) is 0 Å². The Balaban J connectivity index is 1.86. The molecule has 0 spiro atoms. The zero-order valence-electron chi connectivity index (χ0n) is 15.0. The molecule has 2 aromatic rings. The maximum absolute atomic E-state index is 12.2. The molecule has 0 saturated carbocycles. The Morgan fingerprint density at radius 3 is 2.78 bits per heavy atom. The average Bonchev–Trinajstić information content (AvgIpc) is 2.69. The molecule has 1 fully saturated rings. The molecule has 0 aliphatic carbocycles. The number of aromatic nitrogens is 2. The monoisotopic (exact) mass is 372 g/mol. The Labute approximate surface area is 157 Å². The van der Waals surface area contributed by atoms with E-state index in [0.717, 1.165) is 5.56 Å². The first-order valence-corrected chi connectivity index (χ1v) is 8.92. The van der Waals surface area contributed by atoms with Crippen molar-refractivity contribution in [3.63, 3.8) is 0 Å². The predicted octanol–water partition coefficient (Wildman–Crippen LogP) is 0.765. The number of aliphatic hydroxyl groups is 2. The third-order valence-corrected chi connectivity index (χ3v) is 4.97. The molecule has 1 aliphatic rings. The molecule has 1 saturated heterocycles. The molecule has 4 N–H and O–H groups in total. The number of anilines is 2. The second-order valence-corrected chi connectivity index (χ2v) is 6.76. The quantitative estimate of drug-likeness (QED) is 0.563. The van der Waals surface area contributed by atoms with Gasteiger partial charge in [0.15, 0.2) is 0 Å². The van der Waals surface area contributed by atoms with E-state index in [1.807, 2.05) is 35.2 Å². The normalized spacial score (nSPS) is 22.4. The van der Waals surface area contributed by atoms with Gasteiger partial charge in [0.2, 0.25) is 0 Å². The average molecular weight is 372 g/mol. The standard InChI is InChI=1S/C19H24N4O4/c24-9-7-20-16-10-17(22-13-21-16)23-8-6-15(25)19(12-23,18(26)27)11-14-4-2-1-3-5-14/h1-5,10,13,15,24-25H,6-9,11-12H2,(H,26,27)(H,20,21,22)/t15-,19-/m1/s1. The van der Waals surface area contributed by atoms with E-state index in [2.05, 4.69) is 15.3 Å². The van der Waals surface area contributed by atoms with Crippen molar-refractivity contribution in [3.8, 4) is 0 Å². The summed E-state index contributed by atoms with van der Waals surface area (Å²) >= 11 is 0. The Hall–Kier alpha value is -2.71. The minimum absolute atomic E-state index is 0.0194. The predicted molar refractivity (Wildman–Crippen MR) is 101 cm³/mol. The lowest BCUT2D eigenvalue weighted by molar-refractivity contribution is -0.157. The van der Waals surface area contributed by atoms with E-state index in [4.69, 9.17) is 5.11 Å². The van der Waals surface area contributed by atoms with Crippen LogP contribution in [0.3, 0.4) is 0 Å². The zero-order valence-corrected chi connectivity index (χ0v) is 15.0. The lowest BCUT2D eigenvalue weighted by atomic mass is 9.73. The summed E-state index contributed by atoms with van der Waals surface area (Å²) in [6, 6.07) is 11.1. The van der Waals surface area contributed by atoms with Crippen LogP contribution in [0.2, 0.25) is 0 Å². The minimum Gasteiger partial charge on any atom is -0.481 e. The molecule has 1 aromatic heterocycles. The molecule has 2 atom stereocenters. The lowest BCUT2D eigenvalue weighted by Crippen LogP contribution is -2.57. The fraction of sp³-hybridized carbons (Fsp3) is 0.421. The van der Waals surface area contributed by atoms with Gasteiger partial charge < -0.3 is 25.5 Å². The van der Waals surface area contributed by atoms with Gasteiger partial charge in [-0.05, 0) is 18.4 Å². The van der Waals surface area contributed by atoms with Crippen molar-refractivity contribution in [3.05, 3.63) is 48.3 Å². The smallest absolute Gasteiger partial charge is 0.314 e. The number of carbonyl (C=O) groups is 1. The first-order chi connectivity index (χ1) is 13.0. The van der Waals surface area contributed by atoms with Gasteiger partial charge in [-0.1, -0.05) is 30.3 Å². The van der Waals surface area contributed by atoms with E-state index >= 15 is 0 Å². The SMILES string of the molecule is O=C(O)[C@]1(Cc2ccccc2)CN(c2cc(NCCO)ncn2)CC[C@H]1O. The van der Waals surface area contributed by atoms with Gasteiger partial charge in [-0.2, -0.15) is 0 Å².